The summed E-state index contributed by atoms with van der Waals surface area (Å²) < 4.78 is 0. The summed E-state index contributed by atoms with van der Waals surface area (Å²) in [6.45, 7) is 2.25. The van der Waals surface area contributed by atoms with Gasteiger partial charge in [0.2, 0.25) is 11.8 Å². The van der Waals surface area contributed by atoms with Gasteiger partial charge in [0, 0.05) is 18.2 Å². The number of carbonyl (C=O) groups is 2. The molecule has 2 rings (SSSR count). The lowest BCUT2D eigenvalue weighted by Crippen LogP contribution is -2.61. The normalized spacial score (nSPS) is 20.3. The van der Waals surface area contributed by atoms with Gasteiger partial charge in [-0.2, -0.15) is 11.8 Å². The molecule has 4 nitrogen and oxygen atoms in total. The number of thioether (sulfide) groups is 1. The lowest BCUT2D eigenvalue weighted by Gasteiger charge is -2.37. The molecule has 0 aromatic heterocycles. The van der Waals surface area contributed by atoms with Crippen molar-refractivity contribution in [2.75, 3.05) is 18.6 Å². The van der Waals surface area contributed by atoms with Gasteiger partial charge in [0.05, 0.1) is 6.54 Å². The summed E-state index contributed by atoms with van der Waals surface area (Å²) in [5.74, 6) is 0.850. The first-order valence-electron chi connectivity index (χ1n) is 7.28. The van der Waals surface area contributed by atoms with E-state index >= 15 is 0 Å². The summed E-state index contributed by atoms with van der Waals surface area (Å²) in [7, 11) is 0. The molecule has 114 valence electrons. The monoisotopic (exact) mass is 306 g/mol. The van der Waals surface area contributed by atoms with Crippen LogP contribution in [0.2, 0.25) is 0 Å². The first kappa shape index (κ1) is 15.9. The van der Waals surface area contributed by atoms with E-state index in [1.165, 1.54) is 0 Å². The molecule has 2 amide bonds. The second-order valence-corrected chi connectivity index (χ2v) is 6.20. The van der Waals surface area contributed by atoms with E-state index in [0.29, 0.717) is 6.42 Å². The Morgan fingerprint density at radius 3 is 2.67 bits per heavy atom. The molecule has 0 radical (unpaired) electrons. The molecular weight excluding hydrogens is 284 g/mol. The van der Waals surface area contributed by atoms with E-state index in [1.807, 2.05) is 36.6 Å². The maximum atomic E-state index is 12.7. The average Bonchev–Trinajstić information content (AvgIpc) is 2.49. The summed E-state index contributed by atoms with van der Waals surface area (Å²) in [5, 5.41) is 2.83. The summed E-state index contributed by atoms with van der Waals surface area (Å²) >= 11 is 1.71. The number of amides is 2. The fourth-order valence-electron chi connectivity index (χ4n) is 2.65. The molecule has 0 aliphatic carbocycles. The SMILES string of the molecule is CCC(CSC)N1CC(=O)NC(Cc2ccccc2)C1=O. The zero-order valence-corrected chi connectivity index (χ0v) is 13.4. The van der Waals surface area contributed by atoms with Crippen molar-refractivity contribution in [2.24, 2.45) is 0 Å². The van der Waals surface area contributed by atoms with Crippen molar-refractivity contribution in [3.63, 3.8) is 0 Å². The van der Waals surface area contributed by atoms with Crippen LogP contribution in [0, 0.1) is 0 Å². The molecule has 1 N–H and O–H groups in total. The number of carbonyl (C=O) groups excluding carboxylic acids is 2. The van der Waals surface area contributed by atoms with Crippen LogP contribution in [0.4, 0.5) is 0 Å². The number of rotatable bonds is 6. The smallest absolute Gasteiger partial charge is 0.246 e. The zero-order chi connectivity index (χ0) is 15.2. The largest absolute Gasteiger partial charge is 0.342 e. The summed E-state index contributed by atoms with van der Waals surface area (Å²) in [6, 6.07) is 9.51. The van der Waals surface area contributed by atoms with Crippen molar-refractivity contribution < 1.29 is 9.59 Å². The Kier molecular flexibility index (Phi) is 5.67. The Morgan fingerprint density at radius 1 is 1.33 bits per heavy atom. The zero-order valence-electron chi connectivity index (χ0n) is 12.5. The summed E-state index contributed by atoms with van der Waals surface area (Å²) in [6.07, 6.45) is 3.45. The Labute approximate surface area is 130 Å². The van der Waals surface area contributed by atoms with Gasteiger partial charge in [0.15, 0.2) is 0 Å². The average molecular weight is 306 g/mol. The maximum Gasteiger partial charge on any atom is 0.246 e. The number of hydrogen-bond donors (Lipinski definition) is 1. The standard InChI is InChI=1S/C16H22N2O2S/c1-3-13(11-21-2)18-10-15(19)17-14(16(18)20)9-12-7-5-4-6-8-12/h4-8,13-14H,3,9-11H2,1-2H3,(H,17,19). The maximum absolute atomic E-state index is 12.7. The highest BCUT2D eigenvalue weighted by molar-refractivity contribution is 7.98. The van der Waals surface area contributed by atoms with Crippen LogP contribution < -0.4 is 5.32 Å². The molecule has 0 saturated carbocycles. The Balaban J connectivity index is 2.11. The van der Waals surface area contributed by atoms with E-state index in [-0.39, 0.29) is 24.4 Å². The third-order valence-corrected chi connectivity index (χ3v) is 4.50. The van der Waals surface area contributed by atoms with E-state index in [9.17, 15) is 9.59 Å². The lowest BCUT2D eigenvalue weighted by molar-refractivity contribution is -0.146. The Hall–Kier alpha value is -1.49. The fraction of sp³-hybridized carbons (Fsp3) is 0.500. The van der Waals surface area contributed by atoms with Crippen LogP contribution in [0.1, 0.15) is 18.9 Å². The number of piperazine rings is 1. The second kappa shape index (κ2) is 7.50. The summed E-state index contributed by atoms with van der Waals surface area (Å²) in [5.41, 5.74) is 1.07. The molecule has 1 heterocycles. The fourth-order valence-corrected chi connectivity index (χ4v) is 3.45. The van der Waals surface area contributed by atoms with Gasteiger partial charge in [-0.25, -0.2) is 0 Å². The number of hydrogen-bond acceptors (Lipinski definition) is 3. The van der Waals surface area contributed by atoms with Crippen LogP contribution in [0.5, 0.6) is 0 Å². The van der Waals surface area contributed by atoms with Crippen LogP contribution in [0.3, 0.4) is 0 Å². The first-order valence-corrected chi connectivity index (χ1v) is 8.67. The van der Waals surface area contributed by atoms with Crippen LogP contribution in [0.25, 0.3) is 0 Å². The van der Waals surface area contributed by atoms with Crippen LogP contribution >= 0.6 is 11.8 Å². The minimum absolute atomic E-state index is 0.0411. The van der Waals surface area contributed by atoms with Crippen LogP contribution in [0.15, 0.2) is 30.3 Å². The van der Waals surface area contributed by atoms with Crippen LogP contribution in [-0.2, 0) is 16.0 Å². The van der Waals surface area contributed by atoms with Gasteiger partial charge < -0.3 is 10.2 Å². The minimum Gasteiger partial charge on any atom is -0.342 e. The molecule has 21 heavy (non-hydrogen) atoms. The quantitative estimate of drug-likeness (QED) is 0.870. The lowest BCUT2D eigenvalue weighted by atomic mass is 10.0. The highest BCUT2D eigenvalue weighted by atomic mass is 32.2. The molecule has 1 aliphatic heterocycles. The van der Waals surface area contributed by atoms with E-state index in [4.69, 9.17) is 0 Å². The van der Waals surface area contributed by atoms with E-state index in [0.717, 1.165) is 17.7 Å². The second-order valence-electron chi connectivity index (χ2n) is 5.29. The van der Waals surface area contributed by atoms with Crippen molar-refractivity contribution in [1.29, 1.82) is 0 Å². The van der Waals surface area contributed by atoms with Crippen molar-refractivity contribution >= 4 is 23.6 Å². The first-order chi connectivity index (χ1) is 10.2. The van der Waals surface area contributed by atoms with Gasteiger partial charge in [-0.15, -0.1) is 0 Å². The summed E-state index contributed by atoms with van der Waals surface area (Å²) in [4.78, 5) is 26.3. The Morgan fingerprint density at radius 2 is 2.05 bits per heavy atom. The highest BCUT2D eigenvalue weighted by Crippen LogP contribution is 2.16. The van der Waals surface area contributed by atoms with Gasteiger partial charge in [0.25, 0.3) is 0 Å². The van der Waals surface area contributed by atoms with Gasteiger partial charge in [-0.05, 0) is 18.2 Å². The predicted octanol–water partition coefficient (Wildman–Crippen LogP) is 1.70. The van der Waals surface area contributed by atoms with Crippen LogP contribution in [-0.4, -0.2) is 47.4 Å². The third-order valence-electron chi connectivity index (χ3n) is 3.78. The van der Waals surface area contributed by atoms with Crippen molar-refractivity contribution in [3.8, 4) is 0 Å². The molecule has 0 bridgehead atoms. The number of nitrogens with zero attached hydrogens (tertiary/aromatic N) is 1. The number of benzene rings is 1. The van der Waals surface area contributed by atoms with E-state index in [2.05, 4.69) is 12.2 Å². The molecule has 2 atom stereocenters. The van der Waals surface area contributed by atoms with E-state index < -0.39 is 6.04 Å². The molecule has 1 fully saturated rings. The molecule has 5 heteroatoms. The van der Waals surface area contributed by atoms with Gasteiger partial charge in [-0.1, -0.05) is 37.3 Å². The molecular formula is C16H22N2O2S. The van der Waals surface area contributed by atoms with Crippen molar-refractivity contribution in [3.05, 3.63) is 35.9 Å². The van der Waals surface area contributed by atoms with Crippen molar-refractivity contribution in [2.45, 2.75) is 31.8 Å². The third kappa shape index (κ3) is 4.00. The topological polar surface area (TPSA) is 49.4 Å². The minimum atomic E-state index is -0.440. The van der Waals surface area contributed by atoms with Gasteiger partial charge in [0.1, 0.15) is 6.04 Å². The van der Waals surface area contributed by atoms with E-state index in [1.54, 1.807) is 16.7 Å². The Bertz CT molecular complexity index is 492. The molecule has 1 aromatic carbocycles. The van der Waals surface area contributed by atoms with Crippen molar-refractivity contribution in [1.82, 2.24) is 10.2 Å². The predicted molar refractivity (Wildman–Crippen MR) is 86.3 cm³/mol. The molecule has 2 unspecified atom stereocenters. The molecule has 0 spiro atoms. The molecule has 1 aromatic rings. The highest BCUT2D eigenvalue weighted by Gasteiger charge is 2.35. The molecule has 1 aliphatic rings. The van der Waals surface area contributed by atoms with Gasteiger partial charge >= 0.3 is 0 Å². The van der Waals surface area contributed by atoms with Gasteiger partial charge in [-0.3, -0.25) is 9.59 Å². The molecule has 1 saturated heterocycles. The number of nitrogens with one attached hydrogen (secondary N) is 1.